The summed E-state index contributed by atoms with van der Waals surface area (Å²) in [5.41, 5.74) is 0.730. The molecule has 0 saturated heterocycles. The number of nitrogens with one attached hydrogen (secondary N) is 2. The predicted octanol–water partition coefficient (Wildman–Crippen LogP) is 0.263. The van der Waals surface area contributed by atoms with Crippen molar-refractivity contribution in [3.63, 3.8) is 0 Å². The average molecular weight is 164 g/mol. The van der Waals surface area contributed by atoms with Gasteiger partial charge in [-0.2, -0.15) is 0 Å². The van der Waals surface area contributed by atoms with E-state index in [1.807, 2.05) is 0 Å². The first kappa shape index (κ1) is 7.02. The molecule has 0 aliphatic rings. The highest BCUT2D eigenvalue weighted by Gasteiger charge is 2.04. The average Bonchev–Trinajstić information content (AvgIpc) is 2.29. The Balaban J connectivity index is 2.98. The topological polar surface area (TPSA) is 74.4 Å². The molecule has 12 heavy (non-hydrogen) atoms. The van der Waals surface area contributed by atoms with Crippen LogP contribution < -0.4 is 5.56 Å². The lowest BCUT2D eigenvalue weighted by molar-refractivity contribution is 1.05. The number of aromatic amines is 2. The van der Waals surface area contributed by atoms with E-state index in [1.54, 1.807) is 13.8 Å². The summed E-state index contributed by atoms with van der Waals surface area (Å²) in [5.74, 6) is 1.30. The maximum Gasteiger partial charge on any atom is 0.279 e. The Morgan fingerprint density at radius 1 is 1.08 bits per heavy atom. The minimum atomic E-state index is -0.193. The summed E-state index contributed by atoms with van der Waals surface area (Å²) in [4.78, 5) is 24.8. The molecule has 2 aromatic heterocycles. The van der Waals surface area contributed by atoms with Crippen LogP contribution in [-0.4, -0.2) is 19.9 Å². The highest BCUT2D eigenvalue weighted by atomic mass is 16.1. The number of aromatic nitrogens is 4. The van der Waals surface area contributed by atoms with Gasteiger partial charge in [-0.05, 0) is 13.8 Å². The minimum absolute atomic E-state index is 0.193. The molecule has 5 heteroatoms. The van der Waals surface area contributed by atoms with Crippen LogP contribution in [-0.2, 0) is 0 Å². The van der Waals surface area contributed by atoms with Crippen LogP contribution in [0.3, 0.4) is 0 Å². The van der Waals surface area contributed by atoms with Gasteiger partial charge >= 0.3 is 0 Å². The van der Waals surface area contributed by atoms with Gasteiger partial charge in [0, 0.05) is 0 Å². The normalized spacial score (nSPS) is 10.8. The van der Waals surface area contributed by atoms with Crippen LogP contribution in [0.5, 0.6) is 0 Å². The number of imidazole rings is 1. The van der Waals surface area contributed by atoms with E-state index >= 15 is 0 Å². The van der Waals surface area contributed by atoms with Gasteiger partial charge in [-0.3, -0.25) is 4.79 Å². The summed E-state index contributed by atoms with van der Waals surface area (Å²) in [6, 6.07) is 0. The zero-order valence-electron chi connectivity index (χ0n) is 6.80. The molecular formula is C7H8N4O. The van der Waals surface area contributed by atoms with Gasteiger partial charge in [0.25, 0.3) is 5.56 Å². The lowest BCUT2D eigenvalue weighted by atomic mass is 10.5. The molecule has 0 spiro atoms. The molecule has 0 saturated carbocycles. The molecule has 2 aromatic rings. The second-order valence-corrected chi connectivity index (χ2v) is 2.67. The molecule has 2 heterocycles. The Hall–Kier alpha value is -1.65. The van der Waals surface area contributed by atoms with Gasteiger partial charge in [-0.15, -0.1) is 0 Å². The van der Waals surface area contributed by atoms with E-state index in [2.05, 4.69) is 19.9 Å². The smallest absolute Gasteiger partial charge is 0.279 e. The first-order valence-electron chi connectivity index (χ1n) is 3.60. The maximum absolute atomic E-state index is 11.2. The highest BCUT2D eigenvalue weighted by molar-refractivity contribution is 5.68. The second-order valence-electron chi connectivity index (χ2n) is 2.67. The molecule has 0 aliphatic carbocycles. The summed E-state index contributed by atoms with van der Waals surface area (Å²) < 4.78 is 0. The largest absolute Gasteiger partial charge is 0.327 e. The monoisotopic (exact) mass is 164 g/mol. The number of aryl methyl sites for hydroxylation is 2. The van der Waals surface area contributed by atoms with Crippen LogP contribution in [0, 0.1) is 13.8 Å². The fraction of sp³-hybridized carbons (Fsp3) is 0.286. The van der Waals surface area contributed by atoms with Crippen molar-refractivity contribution in [2.75, 3.05) is 0 Å². The molecule has 0 bridgehead atoms. The standard InChI is InChI=1S/C7H8N4O/c1-3-8-5-6(9-3)10-4(2)11-7(5)12/h1-2H3,(H2,8,9,10,11,12). The molecular weight excluding hydrogens is 156 g/mol. The van der Waals surface area contributed by atoms with Crippen molar-refractivity contribution in [1.82, 2.24) is 19.9 Å². The summed E-state index contributed by atoms with van der Waals surface area (Å²) in [6.07, 6.45) is 0. The number of rotatable bonds is 0. The van der Waals surface area contributed by atoms with Crippen LogP contribution in [0.4, 0.5) is 0 Å². The van der Waals surface area contributed by atoms with E-state index in [1.165, 1.54) is 0 Å². The molecule has 0 radical (unpaired) electrons. The van der Waals surface area contributed by atoms with Crippen molar-refractivity contribution < 1.29 is 0 Å². The lowest BCUT2D eigenvalue weighted by Crippen LogP contribution is -2.09. The van der Waals surface area contributed by atoms with E-state index in [0.717, 1.165) is 0 Å². The number of hydrogen-bond donors (Lipinski definition) is 2. The zero-order chi connectivity index (χ0) is 8.72. The van der Waals surface area contributed by atoms with Crippen LogP contribution >= 0.6 is 0 Å². The molecule has 0 fully saturated rings. The van der Waals surface area contributed by atoms with E-state index < -0.39 is 0 Å². The number of nitrogens with zero attached hydrogens (tertiary/aromatic N) is 2. The summed E-state index contributed by atoms with van der Waals surface area (Å²) in [6.45, 7) is 3.52. The highest BCUT2D eigenvalue weighted by Crippen LogP contribution is 2.01. The lowest BCUT2D eigenvalue weighted by Gasteiger charge is -1.89. The fourth-order valence-corrected chi connectivity index (χ4v) is 1.14. The Labute approximate surface area is 67.9 Å². The number of hydrogen-bond acceptors (Lipinski definition) is 3. The van der Waals surface area contributed by atoms with E-state index in [-0.39, 0.29) is 5.56 Å². The van der Waals surface area contributed by atoms with Crippen LogP contribution in [0.1, 0.15) is 11.6 Å². The molecule has 5 nitrogen and oxygen atoms in total. The van der Waals surface area contributed by atoms with Gasteiger partial charge in [0.05, 0.1) is 0 Å². The molecule has 0 amide bonds. The van der Waals surface area contributed by atoms with Gasteiger partial charge in [0.1, 0.15) is 11.6 Å². The maximum atomic E-state index is 11.2. The third-order valence-electron chi connectivity index (χ3n) is 1.59. The number of fused-ring (bicyclic) bond motifs is 1. The summed E-state index contributed by atoms with van der Waals surface area (Å²) >= 11 is 0. The van der Waals surface area contributed by atoms with Crippen molar-refractivity contribution in [2.24, 2.45) is 0 Å². The molecule has 2 rings (SSSR count). The van der Waals surface area contributed by atoms with E-state index in [0.29, 0.717) is 22.8 Å². The Bertz CT molecular complexity index is 482. The quantitative estimate of drug-likeness (QED) is 0.586. The van der Waals surface area contributed by atoms with Crippen LogP contribution in [0.15, 0.2) is 4.79 Å². The first-order chi connectivity index (χ1) is 5.66. The summed E-state index contributed by atoms with van der Waals surface area (Å²) in [5, 5.41) is 0. The molecule has 0 atom stereocenters. The molecule has 0 aromatic carbocycles. The molecule has 0 unspecified atom stereocenters. The van der Waals surface area contributed by atoms with Crippen molar-refractivity contribution in [3.8, 4) is 0 Å². The zero-order valence-corrected chi connectivity index (χ0v) is 6.80. The molecule has 2 N–H and O–H groups in total. The number of H-pyrrole nitrogens is 2. The Morgan fingerprint density at radius 3 is 2.50 bits per heavy atom. The van der Waals surface area contributed by atoms with Crippen molar-refractivity contribution in [1.29, 1.82) is 0 Å². The molecule has 62 valence electrons. The van der Waals surface area contributed by atoms with Crippen LogP contribution in [0.25, 0.3) is 11.2 Å². The van der Waals surface area contributed by atoms with Crippen molar-refractivity contribution in [3.05, 3.63) is 22.0 Å². The van der Waals surface area contributed by atoms with Gasteiger partial charge in [0.15, 0.2) is 11.2 Å². The van der Waals surface area contributed by atoms with E-state index in [9.17, 15) is 4.79 Å². The SMILES string of the molecule is Cc1nc2[nH]c(C)nc2c(=O)[nH]1. The first-order valence-corrected chi connectivity index (χ1v) is 3.60. The van der Waals surface area contributed by atoms with Gasteiger partial charge < -0.3 is 9.97 Å². The Kier molecular flexibility index (Phi) is 1.27. The molecule has 0 aliphatic heterocycles. The van der Waals surface area contributed by atoms with Crippen molar-refractivity contribution in [2.45, 2.75) is 13.8 Å². The predicted molar refractivity (Wildman–Crippen MR) is 44.0 cm³/mol. The third-order valence-corrected chi connectivity index (χ3v) is 1.59. The van der Waals surface area contributed by atoms with Gasteiger partial charge in [-0.1, -0.05) is 0 Å². The minimum Gasteiger partial charge on any atom is -0.327 e. The van der Waals surface area contributed by atoms with Gasteiger partial charge in [-0.25, -0.2) is 9.97 Å². The third kappa shape index (κ3) is 0.903. The Morgan fingerprint density at radius 2 is 1.75 bits per heavy atom. The second kappa shape index (κ2) is 2.17. The van der Waals surface area contributed by atoms with E-state index in [4.69, 9.17) is 0 Å². The van der Waals surface area contributed by atoms with Crippen LogP contribution in [0.2, 0.25) is 0 Å². The van der Waals surface area contributed by atoms with Gasteiger partial charge in [0.2, 0.25) is 0 Å². The fourth-order valence-electron chi connectivity index (χ4n) is 1.14. The summed E-state index contributed by atoms with van der Waals surface area (Å²) in [7, 11) is 0. The van der Waals surface area contributed by atoms with Crippen molar-refractivity contribution >= 4 is 11.2 Å².